The Labute approximate surface area is 392 Å². The molecule has 5 aliphatic carbocycles. The fourth-order valence-corrected chi connectivity index (χ4v) is 17.5. The zero-order valence-corrected chi connectivity index (χ0v) is 40.6. The highest BCUT2D eigenvalue weighted by atomic mass is 16.7. The van der Waals surface area contributed by atoms with Crippen LogP contribution in [0, 0.1) is 56.7 Å². The normalized spacial score (nSPS) is 58.2. The third-order valence-corrected chi connectivity index (χ3v) is 21.2. The number of hydrogen-bond acceptors (Lipinski definition) is 18. The first-order valence-electron chi connectivity index (χ1n) is 24.8. The Balaban J connectivity index is 1.00. The van der Waals surface area contributed by atoms with Crippen LogP contribution in [-0.2, 0) is 38.0 Å². The molecule has 0 radical (unpaired) electrons. The van der Waals surface area contributed by atoms with E-state index in [2.05, 4.69) is 34.6 Å². The molecule has 382 valence electrons. The molecule has 4 heterocycles. The minimum Gasteiger partial charge on any atom is -0.467 e. The monoisotopic (exact) mass is 955 g/mol. The van der Waals surface area contributed by atoms with Crippen molar-refractivity contribution in [2.24, 2.45) is 56.7 Å². The van der Waals surface area contributed by atoms with Gasteiger partial charge < -0.3 is 79.5 Å². The molecule has 5 saturated carbocycles. The highest BCUT2D eigenvalue weighted by Crippen LogP contribution is 2.79. The third kappa shape index (κ3) is 6.50. The Bertz CT molecular complexity index is 1950. The molecule has 0 aromatic heterocycles. The molecule has 2 bridgehead atoms. The van der Waals surface area contributed by atoms with Crippen molar-refractivity contribution in [3.63, 3.8) is 0 Å². The van der Waals surface area contributed by atoms with E-state index in [1.807, 2.05) is 13.8 Å². The Morgan fingerprint density at radius 2 is 1.36 bits per heavy atom. The fraction of sp³-hybridized carbons (Fsp3) is 0.959. The predicted octanol–water partition coefficient (Wildman–Crippen LogP) is 0.220. The summed E-state index contributed by atoms with van der Waals surface area (Å²) < 4.78 is 35.6. The van der Waals surface area contributed by atoms with E-state index in [1.165, 1.54) is 13.8 Å². The molecule has 0 aromatic carbocycles. The van der Waals surface area contributed by atoms with Crippen LogP contribution in [0.25, 0.3) is 0 Å². The number of methoxy groups -OCH3 is 1. The highest BCUT2D eigenvalue weighted by Gasteiger charge is 2.78. The first-order valence-corrected chi connectivity index (χ1v) is 24.8. The minimum atomic E-state index is -2.94. The Morgan fingerprint density at radius 3 is 2.00 bits per heavy atom. The molecule has 0 amide bonds. The second-order valence-electron chi connectivity index (χ2n) is 24.7. The number of rotatable bonds is 6. The molecular formula is C49H78O18. The summed E-state index contributed by atoms with van der Waals surface area (Å²) in [7, 11) is 1.06. The zero-order valence-electron chi connectivity index (χ0n) is 40.6. The zero-order chi connectivity index (χ0) is 49.3. The van der Waals surface area contributed by atoms with Crippen molar-refractivity contribution >= 4 is 11.9 Å². The van der Waals surface area contributed by atoms with Crippen LogP contribution in [0.1, 0.15) is 120 Å². The van der Waals surface area contributed by atoms with Crippen LogP contribution in [0.4, 0.5) is 0 Å². The van der Waals surface area contributed by atoms with Crippen LogP contribution in [-0.4, -0.2) is 179 Å². The van der Waals surface area contributed by atoms with Crippen molar-refractivity contribution in [3.8, 4) is 0 Å². The van der Waals surface area contributed by atoms with Gasteiger partial charge in [-0.3, -0.25) is 4.79 Å². The van der Waals surface area contributed by atoms with Gasteiger partial charge in [-0.1, -0.05) is 34.6 Å². The number of hydrogen-bond donors (Lipinski definition) is 10. The summed E-state index contributed by atoms with van der Waals surface area (Å²) in [5.74, 6) is -0.710. The average Bonchev–Trinajstić information content (AvgIpc) is 3.77. The second kappa shape index (κ2) is 15.9. The fourth-order valence-electron chi connectivity index (χ4n) is 17.5. The van der Waals surface area contributed by atoms with Crippen LogP contribution in [0.3, 0.4) is 0 Å². The van der Waals surface area contributed by atoms with E-state index in [-0.39, 0.29) is 57.9 Å². The average molecular weight is 955 g/mol. The molecule has 0 aromatic rings. The summed E-state index contributed by atoms with van der Waals surface area (Å²) in [6.07, 6.45) is -18.9. The van der Waals surface area contributed by atoms with Crippen molar-refractivity contribution in [2.75, 3.05) is 7.11 Å². The van der Waals surface area contributed by atoms with Gasteiger partial charge in [-0.25, -0.2) is 4.79 Å². The van der Waals surface area contributed by atoms with E-state index in [4.69, 9.17) is 28.4 Å². The first-order chi connectivity index (χ1) is 30.9. The van der Waals surface area contributed by atoms with Crippen molar-refractivity contribution in [3.05, 3.63) is 0 Å². The number of fused-ring (bicyclic) bond motifs is 7. The lowest BCUT2D eigenvalue weighted by atomic mass is 9.32. The van der Waals surface area contributed by atoms with Crippen molar-refractivity contribution in [2.45, 2.75) is 229 Å². The largest absolute Gasteiger partial charge is 0.467 e. The molecule has 9 fully saturated rings. The summed E-state index contributed by atoms with van der Waals surface area (Å²) in [6, 6.07) is 0. The van der Waals surface area contributed by atoms with Crippen LogP contribution in [0.15, 0.2) is 0 Å². The number of esters is 2. The first kappa shape index (κ1) is 50.3. The van der Waals surface area contributed by atoms with E-state index < -0.39 is 119 Å². The number of ether oxygens (including phenoxy) is 6. The lowest BCUT2D eigenvalue weighted by Gasteiger charge is -2.73. The summed E-state index contributed by atoms with van der Waals surface area (Å²) >= 11 is 0. The molecule has 4 saturated heterocycles. The Morgan fingerprint density at radius 1 is 0.716 bits per heavy atom. The molecule has 1 spiro atoms. The van der Waals surface area contributed by atoms with E-state index >= 15 is 0 Å². The van der Waals surface area contributed by atoms with Gasteiger partial charge in [-0.15, -0.1) is 0 Å². The maximum Gasteiger partial charge on any atom is 0.337 e. The predicted molar refractivity (Wildman–Crippen MR) is 232 cm³/mol. The van der Waals surface area contributed by atoms with Crippen molar-refractivity contribution in [1.29, 1.82) is 0 Å². The molecule has 18 heteroatoms. The molecule has 67 heavy (non-hydrogen) atoms. The smallest absolute Gasteiger partial charge is 0.337 e. The Kier molecular flexibility index (Phi) is 12.0. The summed E-state index contributed by atoms with van der Waals surface area (Å²) in [5.41, 5.74) is -8.25. The van der Waals surface area contributed by atoms with E-state index in [0.717, 1.165) is 45.6 Å². The third-order valence-electron chi connectivity index (χ3n) is 21.2. The molecule has 10 N–H and O–H groups in total. The number of carbonyl (C=O) groups is 2. The van der Waals surface area contributed by atoms with E-state index in [9.17, 15) is 60.7 Å². The standard InChI is InChI=1S/C49H78O18/c1-20-29(50)30(51)31(52)37(63-20)48(60)21(2)64-38(33(54)36(48)56)49(61)35(55)32(53)34(39(57)62-10)67-41(49)66-26-14-15-44(7)24(42(26,3)4)13-16-46(9)25(44)12-11-22-27-28(43(5,6)59)23-19-47(27,40(58)65-23)18-17-45(22,46)8/h20-38,41,50-56,59-61H,11-19H2,1-10H3/t20-,21-,22+,23-,24-,25+,26-,27-,28+,29-,30+,31+,32+,33+,34-,35-,36-,37+,38+,41+,44-,45+,46+,47+,48-,49-/m0/s1. The maximum atomic E-state index is 13.6. The minimum absolute atomic E-state index is 0.0284. The Hall–Kier alpha value is -1.62. The summed E-state index contributed by atoms with van der Waals surface area (Å²) in [5, 5.41) is 115. The molecule has 9 aliphatic rings. The second-order valence-corrected chi connectivity index (χ2v) is 24.7. The summed E-state index contributed by atoms with van der Waals surface area (Å²) in [6.45, 7) is 17.8. The molecule has 26 atom stereocenters. The quantitative estimate of drug-likeness (QED) is 0.126. The lowest BCUT2D eigenvalue weighted by Crippen LogP contribution is -2.81. The molecule has 18 nitrogen and oxygen atoms in total. The topological polar surface area (TPSA) is 292 Å². The van der Waals surface area contributed by atoms with Gasteiger partial charge in [-0.2, -0.15) is 0 Å². The van der Waals surface area contributed by atoms with Gasteiger partial charge >= 0.3 is 11.9 Å². The van der Waals surface area contributed by atoms with Gasteiger partial charge in [-0.05, 0) is 124 Å². The van der Waals surface area contributed by atoms with Crippen LogP contribution in [0.5, 0.6) is 0 Å². The van der Waals surface area contributed by atoms with Crippen molar-refractivity contribution < 1.29 is 89.1 Å². The van der Waals surface area contributed by atoms with Gasteiger partial charge in [0.2, 0.25) is 0 Å². The maximum absolute atomic E-state index is 13.6. The van der Waals surface area contributed by atoms with Gasteiger partial charge in [0.05, 0.1) is 36.4 Å². The van der Waals surface area contributed by atoms with E-state index in [1.54, 1.807) is 0 Å². The number of aliphatic hydroxyl groups is 10. The number of aliphatic hydroxyl groups excluding tert-OH is 7. The summed E-state index contributed by atoms with van der Waals surface area (Å²) in [4.78, 5) is 26.7. The molecule has 0 unspecified atom stereocenters. The molecule has 9 rings (SSSR count). The van der Waals surface area contributed by atoms with Crippen molar-refractivity contribution in [1.82, 2.24) is 0 Å². The molecular weight excluding hydrogens is 877 g/mol. The van der Waals surface area contributed by atoms with Gasteiger partial charge in [0.15, 0.2) is 18.0 Å². The van der Waals surface area contributed by atoms with Crippen LogP contribution in [0.2, 0.25) is 0 Å². The number of carbonyl (C=O) groups excluding carboxylic acids is 2. The van der Waals surface area contributed by atoms with Gasteiger partial charge in [0, 0.05) is 12.3 Å². The van der Waals surface area contributed by atoms with Gasteiger partial charge in [0.25, 0.3) is 0 Å². The van der Waals surface area contributed by atoms with Crippen LogP contribution < -0.4 is 0 Å². The lowest BCUT2D eigenvalue weighted by molar-refractivity contribution is -0.407. The SMILES string of the molecule is COC(=O)[C@H]1O[C@@H](O[C@H]2CC[C@]3(C)[C@H]4CC[C@@H]5[C@H]6[C@H](C(C)(C)O)[C@@H]7C[C@@]6(CC[C@@]5(C)[C@]4(C)CC[C@H]3C2(C)C)C(=O)O7)[C@@](O)([C@@H]2O[C@@H](C)[C@@](O)([C@@H]3O[C@@H](C)[C@H](O)[C@@H](O)[C@H]3O)[C@@H](O)[C@H]2O)[C@@H](O)[C@@H]1O. The highest BCUT2D eigenvalue weighted by molar-refractivity contribution is 5.81. The molecule has 4 aliphatic heterocycles. The van der Waals surface area contributed by atoms with Crippen LogP contribution >= 0.6 is 0 Å². The van der Waals surface area contributed by atoms with Gasteiger partial charge in [0.1, 0.15) is 66.6 Å². The van der Waals surface area contributed by atoms with E-state index in [0.29, 0.717) is 19.3 Å².